The second-order valence-corrected chi connectivity index (χ2v) is 6.43. The van der Waals surface area contributed by atoms with E-state index in [0.717, 1.165) is 29.7 Å². The van der Waals surface area contributed by atoms with E-state index in [1.165, 1.54) is 6.07 Å². The highest BCUT2D eigenvalue weighted by Crippen LogP contribution is 2.31. The van der Waals surface area contributed by atoms with Crippen LogP contribution in [-0.2, 0) is 0 Å². The number of benzene rings is 1. The summed E-state index contributed by atoms with van der Waals surface area (Å²) in [6.07, 6.45) is 1.09. The van der Waals surface area contributed by atoms with Crippen LogP contribution in [0.15, 0.2) is 22.7 Å². The number of anilines is 1. The van der Waals surface area contributed by atoms with Crippen LogP contribution in [0.3, 0.4) is 0 Å². The van der Waals surface area contributed by atoms with Gasteiger partial charge in [0, 0.05) is 29.6 Å². The Morgan fingerprint density at radius 3 is 2.84 bits per heavy atom. The maximum Gasteiger partial charge on any atom is 0.125 e. The standard InChI is InChI=1S/C15H22BrFN2/c1-4-12-9-19(15(8-18-12)10(2)3)14-7-11(17)5-6-13(14)16/h5-7,10,12,15,18H,4,8-9H2,1-3H3. The average Bonchev–Trinajstić information content (AvgIpc) is 2.40. The van der Waals surface area contributed by atoms with E-state index in [1.54, 1.807) is 12.1 Å². The summed E-state index contributed by atoms with van der Waals surface area (Å²) in [5.74, 6) is 0.354. The number of nitrogens with zero attached hydrogens (tertiary/aromatic N) is 1. The topological polar surface area (TPSA) is 15.3 Å². The van der Waals surface area contributed by atoms with Crippen LogP contribution in [-0.4, -0.2) is 25.2 Å². The SMILES string of the molecule is CCC1CN(c2cc(F)ccc2Br)C(C(C)C)CN1. The molecular formula is C15H22BrFN2. The van der Waals surface area contributed by atoms with Crippen LogP contribution in [0, 0.1) is 11.7 Å². The first-order chi connectivity index (χ1) is 9.02. The molecule has 1 fully saturated rings. The maximum absolute atomic E-state index is 13.5. The molecule has 1 aliphatic rings. The highest BCUT2D eigenvalue weighted by atomic mass is 79.9. The zero-order chi connectivity index (χ0) is 14.0. The predicted molar refractivity (Wildman–Crippen MR) is 82.2 cm³/mol. The molecule has 2 rings (SSSR count). The second-order valence-electron chi connectivity index (χ2n) is 5.57. The van der Waals surface area contributed by atoms with Gasteiger partial charge in [-0.2, -0.15) is 0 Å². The summed E-state index contributed by atoms with van der Waals surface area (Å²) in [7, 11) is 0. The van der Waals surface area contributed by atoms with E-state index < -0.39 is 0 Å². The van der Waals surface area contributed by atoms with Crippen molar-refractivity contribution in [2.24, 2.45) is 5.92 Å². The van der Waals surface area contributed by atoms with Gasteiger partial charge in [0.05, 0.1) is 5.69 Å². The fourth-order valence-corrected chi connectivity index (χ4v) is 3.16. The molecule has 4 heteroatoms. The van der Waals surface area contributed by atoms with Crippen LogP contribution in [0.1, 0.15) is 27.2 Å². The highest BCUT2D eigenvalue weighted by Gasteiger charge is 2.30. The summed E-state index contributed by atoms with van der Waals surface area (Å²) in [6.45, 7) is 8.52. The van der Waals surface area contributed by atoms with E-state index in [4.69, 9.17) is 0 Å². The monoisotopic (exact) mass is 328 g/mol. The van der Waals surface area contributed by atoms with Gasteiger partial charge in [0.25, 0.3) is 0 Å². The van der Waals surface area contributed by atoms with Crippen LogP contribution in [0.2, 0.25) is 0 Å². The lowest BCUT2D eigenvalue weighted by Crippen LogP contribution is -2.58. The number of hydrogen-bond acceptors (Lipinski definition) is 2. The molecule has 2 nitrogen and oxygen atoms in total. The van der Waals surface area contributed by atoms with Crippen LogP contribution >= 0.6 is 15.9 Å². The van der Waals surface area contributed by atoms with Crippen molar-refractivity contribution in [3.63, 3.8) is 0 Å². The highest BCUT2D eigenvalue weighted by molar-refractivity contribution is 9.10. The molecular weight excluding hydrogens is 307 g/mol. The summed E-state index contributed by atoms with van der Waals surface area (Å²) in [5, 5.41) is 3.58. The van der Waals surface area contributed by atoms with Crippen LogP contribution in [0.25, 0.3) is 0 Å². The summed E-state index contributed by atoms with van der Waals surface area (Å²) in [6, 6.07) is 5.81. The molecule has 0 radical (unpaired) electrons. The third-order valence-corrected chi connectivity index (χ3v) is 4.58. The zero-order valence-corrected chi connectivity index (χ0v) is 13.4. The van der Waals surface area contributed by atoms with E-state index in [-0.39, 0.29) is 5.82 Å². The molecule has 0 amide bonds. The molecule has 0 aromatic heterocycles. The van der Waals surface area contributed by atoms with Gasteiger partial charge >= 0.3 is 0 Å². The smallest absolute Gasteiger partial charge is 0.125 e. The predicted octanol–water partition coefficient (Wildman–Crippen LogP) is 3.80. The minimum Gasteiger partial charge on any atom is -0.364 e. The van der Waals surface area contributed by atoms with E-state index in [0.29, 0.717) is 18.0 Å². The normalized spacial score (nSPS) is 24.0. The summed E-state index contributed by atoms with van der Waals surface area (Å²) in [5.41, 5.74) is 0.971. The van der Waals surface area contributed by atoms with Crippen LogP contribution < -0.4 is 10.2 Å². The molecule has 2 atom stereocenters. The van der Waals surface area contributed by atoms with Crippen molar-refractivity contribution in [3.05, 3.63) is 28.5 Å². The fraction of sp³-hybridized carbons (Fsp3) is 0.600. The van der Waals surface area contributed by atoms with E-state index in [2.05, 4.69) is 46.9 Å². The summed E-state index contributed by atoms with van der Waals surface area (Å²) < 4.78 is 14.5. The first-order valence-electron chi connectivity index (χ1n) is 6.98. The lowest BCUT2D eigenvalue weighted by molar-refractivity contribution is 0.333. The molecule has 1 aromatic carbocycles. The molecule has 106 valence electrons. The molecule has 2 unspecified atom stereocenters. The molecule has 1 aromatic rings. The Morgan fingerprint density at radius 1 is 1.47 bits per heavy atom. The Morgan fingerprint density at radius 2 is 2.21 bits per heavy atom. The maximum atomic E-state index is 13.5. The van der Waals surface area contributed by atoms with Gasteiger partial charge in [-0.3, -0.25) is 0 Å². The summed E-state index contributed by atoms with van der Waals surface area (Å²) in [4.78, 5) is 2.35. The Balaban J connectivity index is 2.33. The van der Waals surface area contributed by atoms with Gasteiger partial charge in [-0.25, -0.2) is 4.39 Å². The van der Waals surface area contributed by atoms with Crippen molar-refractivity contribution >= 4 is 21.6 Å². The Kier molecular flexibility index (Phi) is 4.85. The molecule has 19 heavy (non-hydrogen) atoms. The van der Waals surface area contributed by atoms with Crippen LogP contribution in [0.4, 0.5) is 10.1 Å². The van der Waals surface area contributed by atoms with Gasteiger partial charge in [-0.15, -0.1) is 0 Å². The van der Waals surface area contributed by atoms with Crippen molar-refractivity contribution in [2.75, 3.05) is 18.0 Å². The molecule has 1 saturated heterocycles. The van der Waals surface area contributed by atoms with Gasteiger partial charge in [0.15, 0.2) is 0 Å². The van der Waals surface area contributed by atoms with Gasteiger partial charge in [-0.1, -0.05) is 20.8 Å². The third kappa shape index (κ3) is 3.29. The minimum atomic E-state index is -0.174. The van der Waals surface area contributed by atoms with Crippen molar-refractivity contribution in [2.45, 2.75) is 39.3 Å². The molecule has 1 N–H and O–H groups in total. The molecule has 0 saturated carbocycles. The van der Waals surface area contributed by atoms with Gasteiger partial charge in [-0.05, 0) is 46.5 Å². The zero-order valence-electron chi connectivity index (χ0n) is 11.8. The van der Waals surface area contributed by atoms with E-state index >= 15 is 0 Å². The number of hydrogen-bond donors (Lipinski definition) is 1. The molecule has 1 heterocycles. The van der Waals surface area contributed by atoms with E-state index in [9.17, 15) is 4.39 Å². The first-order valence-corrected chi connectivity index (χ1v) is 7.77. The average molecular weight is 329 g/mol. The van der Waals surface area contributed by atoms with Gasteiger partial charge in [0.2, 0.25) is 0 Å². The number of nitrogens with one attached hydrogen (secondary N) is 1. The Labute approximate surface area is 123 Å². The summed E-state index contributed by atoms with van der Waals surface area (Å²) >= 11 is 3.56. The van der Waals surface area contributed by atoms with Crippen molar-refractivity contribution in [1.29, 1.82) is 0 Å². The minimum absolute atomic E-state index is 0.174. The van der Waals surface area contributed by atoms with Crippen molar-refractivity contribution in [1.82, 2.24) is 5.32 Å². The largest absolute Gasteiger partial charge is 0.364 e. The quantitative estimate of drug-likeness (QED) is 0.907. The number of halogens is 2. The lowest BCUT2D eigenvalue weighted by Gasteiger charge is -2.44. The van der Waals surface area contributed by atoms with Crippen LogP contribution in [0.5, 0.6) is 0 Å². The molecule has 0 aliphatic carbocycles. The molecule has 0 spiro atoms. The van der Waals surface area contributed by atoms with E-state index in [1.807, 2.05) is 0 Å². The van der Waals surface area contributed by atoms with Gasteiger partial charge in [0.1, 0.15) is 5.82 Å². The Hall–Kier alpha value is -0.610. The van der Waals surface area contributed by atoms with Crippen molar-refractivity contribution in [3.8, 4) is 0 Å². The second kappa shape index (κ2) is 6.23. The first kappa shape index (κ1) is 14.8. The van der Waals surface area contributed by atoms with Gasteiger partial charge < -0.3 is 10.2 Å². The molecule has 0 bridgehead atoms. The fourth-order valence-electron chi connectivity index (χ4n) is 2.69. The Bertz CT molecular complexity index is 436. The van der Waals surface area contributed by atoms with Crippen molar-refractivity contribution < 1.29 is 4.39 Å². The number of piperazine rings is 1. The number of rotatable bonds is 3. The molecule has 1 aliphatic heterocycles. The lowest BCUT2D eigenvalue weighted by atomic mass is 9.97. The third-order valence-electron chi connectivity index (χ3n) is 3.91.